The third-order valence-corrected chi connectivity index (χ3v) is 8.90. The molecule has 248 valence electrons. The summed E-state index contributed by atoms with van der Waals surface area (Å²) in [5.41, 5.74) is 10.7. The number of rotatable bonds is 3. The van der Waals surface area contributed by atoms with Crippen molar-refractivity contribution in [3.05, 3.63) is 155 Å². The van der Waals surface area contributed by atoms with E-state index in [1.54, 1.807) is 23.3 Å². The molecule has 5 heteroatoms. The maximum absolute atomic E-state index is 3.57. The van der Waals surface area contributed by atoms with Crippen LogP contribution < -0.4 is 29.7 Å². The molecule has 1 unspecified atom stereocenters. The van der Waals surface area contributed by atoms with Gasteiger partial charge in [0.05, 0.1) is 0 Å². The minimum atomic E-state index is 0. The first kappa shape index (κ1) is 38.7. The van der Waals surface area contributed by atoms with Crippen LogP contribution in [0.4, 0.5) is 5.69 Å². The molecule has 49 heavy (non-hydrogen) atoms. The number of hydrogen-bond donors (Lipinski definition) is 0. The molecule has 1 nitrogen and oxygen atoms in total. The maximum atomic E-state index is 3.57. The van der Waals surface area contributed by atoms with Crippen molar-refractivity contribution in [2.24, 2.45) is 5.92 Å². The molecule has 0 saturated carbocycles. The Bertz CT molecular complexity index is 2210. The van der Waals surface area contributed by atoms with Crippen LogP contribution in [0.5, 0.6) is 0 Å². The standard InChI is InChI=1S/C21H20N.C21H17.C2H6Si.2ClH.Zr/c1-14(2)17-12-18-11-15(3)22(21(18)13-17)20-10-6-8-16-7-4-5-9-19(16)20;1-14-12-20-15(2)10-11-19(21(20)13-14)18-9-5-7-16-6-3-4-8-17(16)18;1-3-2;;;/h4-11,13-15H,1-3H3;3-13H,1-2H3;1-2H3;2*1H;/q2*-1;;;;+2/p-2. The molecule has 0 spiro atoms. The number of fused-ring (bicyclic) bond motifs is 4. The van der Waals surface area contributed by atoms with Gasteiger partial charge in [0.25, 0.3) is 0 Å². The molecular weight excluding hydrogens is 733 g/mol. The summed E-state index contributed by atoms with van der Waals surface area (Å²) < 4.78 is 0. The summed E-state index contributed by atoms with van der Waals surface area (Å²) in [5, 5.41) is 7.96. The fraction of sp³-hybridized carbons (Fsp3) is 0.205. The van der Waals surface area contributed by atoms with Gasteiger partial charge in [0, 0.05) is 17.1 Å². The second-order valence-corrected chi connectivity index (χ2v) is 22.6. The Morgan fingerprint density at radius 1 is 0.755 bits per heavy atom. The average molecular weight is 776 g/mol. The Balaban J connectivity index is 0.000000192. The van der Waals surface area contributed by atoms with Crippen LogP contribution in [0.15, 0.2) is 138 Å². The summed E-state index contributed by atoms with van der Waals surface area (Å²) in [7, 11) is 0. The van der Waals surface area contributed by atoms with Gasteiger partial charge >= 0.3 is 41.9 Å². The summed E-state index contributed by atoms with van der Waals surface area (Å²) in [4.78, 5) is 2.44. The van der Waals surface area contributed by atoms with Gasteiger partial charge in [-0.3, -0.25) is 0 Å². The van der Waals surface area contributed by atoms with E-state index in [9.17, 15) is 0 Å². The normalized spacial score (nSPS) is 14.5. The Hall–Kier alpha value is -3.07. The van der Waals surface area contributed by atoms with E-state index >= 15 is 0 Å². The van der Waals surface area contributed by atoms with Crippen LogP contribution in [-0.4, -0.2) is 11.5 Å². The first-order valence-electron chi connectivity index (χ1n) is 16.6. The second kappa shape index (κ2) is 16.8. The van der Waals surface area contributed by atoms with E-state index in [1.807, 2.05) is 0 Å². The van der Waals surface area contributed by atoms with Gasteiger partial charge in [0.2, 0.25) is 0 Å². The van der Waals surface area contributed by atoms with E-state index in [2.05, 4.69) is 180 Å². The van der Waals surface area contributed by atoms with Crippen LogP contribution in [0, 0.1) is 25.8 Å². The van der Waals surface area contributed by atoms with Gasteiger partial charge in [-0.05, 0) is 40.6 Å². The SMILES string of the molecule is CC(C)C1=[C-]C2=CC(C)N(c3cccc4ccccc34)C2=C1.C[Si](C)=[Zr+2].Cc1cc2c(-c3cccc4ccccc34)ccc(C)c2[cH-]1.[Cl-].[Cl-]. The number of nitrogens with zero attached hydrogens (tertiary/aromatic N) is 1. The van der Waals surface area contributed by atoms with Crippen molar-refractivity contribution in [2.75, 3.05) is 4.90 Å². The Morgan fingerprint density at radius 2 is 1.33 bits per heavy atom. The first-order chi connectivity index (χ1) is 22.6. The molecule has 1 heterocycles. The van der Waals surface area contributed by atoms with Crippen LogP contribution >= 0.6 is 0 Å². The first-order valence-corrected chi connectivity index (χ1v) is 22.8. The molecular formula is C44H43Cl2NSiZr-2. The Kier molecular flexibility index (Phi) is 13.2. The third-order valence-electron chi connectivity index (χ3n) is 8.90. The number of hydrogen-bond acceptors (Lipinski definition) is 1. The molecule has 1 aliphatic carbocycles. The smallest absolute Gasteiger partial charge is 0.0114 e. The van der Waals surface area contributed by atoms with Gasteiger partial charge in [0.15, 0.2) is 0 Å². The van der Waals surface area contributed by atoms with Crippen LogP contribution in [-0.2, 0) is 23.3 Å². The zero-order chi connectivity index (χ0) is 33.2. The average Bonchev–Trinajstić information content (AvgIpc) is 3.73. The van der Waals surface area contributed by atoms with Crippen LogP contribution in [0.1, 0.15) is 31.9 Å². The zero-order valence-corrected chi connectivity index (χ0v) is 34.4. The zero-order valence-electron chi connectivity index (χ0n) is 29.4. The number of anilines is 1. The van der Waals surface area contributed by atoms with E-state index in [1.165, 1.54) is 77.1 Å². The molecule has 2 aliphatic rings. The largest absolute Gasteiger partial charge is 1.00 e. The summed E-state index contributed by atoms with van der Waals surface area (Å²) in [6.45, 7) is 15.7. The molecule has 1 aliphatic heterocycles. The predicted molar refractivity (Wildman–Crippen MR) is 203 cm³/mol. The molecule has 0 N–H and O–H groups in total. The summed E-state index contributed by atoms with van der Waals surface area (Å²) >= 11 is 1.74. The summed E-state index contributed by atoms with van der Waals surface area (Å²) in [6.07, 6.45) is 8.20. The quantitative estimate of drug-likeness (QED) is 0.157. The summed E-state index contributed by atoms with van der Waals surface area (Å²) in [5.74, 6) is 0.517. The number of allylic oxidation sites excluding steroid dienone is 3. The van der Waals surface area contributed by atoms with Crippen molar-refractivity contribution in [1.82, 2.24) is 0 Å². The van der Waals surface area contributed by atoms with Crippen LogP contribution in [0.25, 0.3) is 43.4 Å². The molecule has 6 aromatic rings. The van der Waals surface area contributed by atoms with E-state index in [0.717, 1.165) is 0 Å². The topological polar surface area (TPSA) is 3.24 Å². The molecule has 0 fully saturated rings. The van der Waals surface area contributed by atoms with Crippen molar-refractivity contribution in [1.29, 1.82) is 0 Å². The minimum Gasteiger partial charge on any atom is -1.00 e. The van der Waals surface area contributed by atoms with E-state index in [0.29, 0.717) is 12.0 Å². The van der Waals surface area contributed by atoms with Crippen molar-refractivity contribution in [3.63, 3.8) is 0 Å². The van der Waals surface area contributed by atoms with Crippen molar-refractivity contribution >= 4 is 43.4 Å². The van der Waals surface area contributed by atoms with Gasteiger partial charge in [-0.1, -0.05) is 124 Å². The third kappa shape index (κ3) is 8.29. The van der Waals surface area contributed by atoms with E-state index in [4.69, 9.17) is 0 Å². The number of aryl methyl sites for hydroxylation is 2. The number of benzene rings is 5. The fourth-order valence-corrected chi connectivity index (χ4v) is 6.71. The van der Waals surface area contributed by atoms with Crippen molar-refractivity contribution in [3.8, 4) is 11.1 Å². The van der Waals surface area contributed by atoms with Crippen LogP contribution in [0.3, 0.4) is 0 Å². The van der Waals surface area contributed by atoms with E-state index < -0.39 is 0 Å². The Labute approximate surface area is 320 Å². The van der Waals surface area contributed by atoms with Gasteiger partial charge < -0.3 is 29.7 Å². The molecule has 0 bridgehead atoms. The summed E-state index contributed by atoms with van der Waals surface area (Å²) in [6, 6.07) is 39.8. The van der Waals surface area contributed by atoms with Crippen molar-refractivity contribution < 1.29 is 48.1 Å². The molecule has 8 rings (SSSR count). The fourth-order valence-electron chi connectivity index (χ4n) is 6.71. The van der Waals surface area contributed by atoms with Gasteiger partial charge in [-0.15, -0.1) is 63.4 Å². The minimum absolute atomic E-state index is 0. The maximum Gasteiger partial charge on any atom is -0.0114 e. The molecule has 0 amide bonds. The van der Waals surface area contributed by atoms with E-state index in [-0.39, 0.29) is 30.2 Å². The molecule has 0 radical (unpaired) electrons. The molecule has 1 atom stereocenters. The number of halogens is 2. The molecule has 0 saturated heterocycles. The second-order valence-electron chi connectivity index (χ2n) is 13.3. The van der Waals surface area contributed by atoms with Gasteiger partial charge in [0.1, 0.15) is 0 Å². The monoisotopic (exact) mass is 773 g/mol. The predicted octanol–water partition coefficient (Wildman–Crippen LogP) is 6.05. The Morgan fingerprint density at radius 3 is 2.00 bits per heavy atom. The molecule has 6 aromatic carbocycles. The van der Waals surface area contributed by atoms with Crippen LogP contribution in [0.2, 0.25) is 13.1 Å². The van der Waals surface area contributed by atoms with Crippen molar-refractivity contribution in [2.45, 2.75) is 53.8 Å². The molecule has 0 aromatic heterocycles. The van der Waals surface area contributed by atoms with Gasteiger partial charge in [-0.2, -0.15) is 6.07 Å². The van der Waals surface area contributed by atoms with Gasteiger partial charge in [-0.25, -0.2) is 0 Å².